The van der Waals surface area contributed by atoms with Crippen LogP contribution in [-0.4, -0.2) is 7.11 Å². The Balaban J connectivity index is 3.19. The highest BCUT2D eigenvalue weighted by molar-refractivity contribution is 5.44. The Morgan fingerprint density at radius 1 is 1.45 bits per heavy atom. The van der Waals surface area contributed by atoms with Gasteiger partial charge >= 0.3 is 0 Å². The number of benzene rings is 1. The van der Waals surface area contributed by atoms with Crippen molar-refractivity contribution in [3.63, 3.8) is 0 Å². The summed E-state index contributed by atoms with van der Waals surface area (Å²) in [7, 11) is 1.56. The van der Waals surface area contributed by atoms with E-state index in [0.29, 0.717) is 11.3 Å². The molecule has 0 saturated carbocycles. The normalized spacial score (nSPS) is 8.82. The number of nitrogens with zero attached hydrogens (tertiary/aromatic N) is 1. The maximum absolute atomic E-state index is 8.64. The van der Waals surface area contributed by atoms with Crippen LogP contribution in [0.25, 0.3) is 0 Å². The lowest BCUT2D eigenvalue weighted by molar-refractivity contribution is 0.413. The second-order valence-corrected chi connectivity index (χ2v) is 2.32. The number of nitriles is 1. The van der Waals surface area contributed by atoms with Crippen molar-refractivity contribution in [2.24, 2.45) is 0 Å². The second-order valence-electron chi connectivity index (χ2n) is 2.32. The molecule has 0 aliphatic heterocycles. The molecule has 0 unspecified atom stereocenters. The fraction of sp³-hybridized carbons (Fsp3) is 0.222. The molecule has 1 aromatic rings. The summed E-state index contributed by atoms with van der Waals surface area (Å²) in [5.41, 5.74) is 1.66. The van der Waals surface area contributed by atoms with Gasteiger partial charge in [0, 0.05) is 0 Å². The van der Waals surface area contributed by atoms with E-state index < -0.39 is 0 Å². The molecule has 0 heterocycles. The zero-order valence-corrected chi connectivity index (χ0v) is 6.59. The van der Waals surface area contributed by atoms with Crippen LogP contribution in [0.5, 0.6) is 5.75 Å². The number of hydrogen-bond acceptors (Lipinski definition) is 2. The molecule has 0 N–H and O–H groups in total. The van der Waals surface area contributed by atoms with Gasteiger partial charge in [0.25, 0.3) is 0 Å². The molecule has 0 fully saturated rings. The predicted octanol–water partition coefficient (Wildman–Crippen LogP) is 1.88. The minimum Gasteiger partial charge on any atom is -0.495 e. The fourth-order valence-electron chi connectivity index (χ4n) is 0.909. The number of rotatable bonds is 1. The standard InChI is InChI=1S/C9H9NO/c1-7-3-4-9(11-2)8(5-7)6-10/h3-5H,1-2H3. The third-order valence-electron chi connectivity index (χ3n) is 1.48. The number of methoxy groups -OCH3 is 1. The lowest BCUT2D eigenvalue weighted by atomic mass is 10.1. The molecule has 2 nitrogen and oxygen atoms in total. The molecule has 2 heteroatoms. The molecule has 0 bridgehead atoms. The Labute approximate surface area is 66.0 Å². The summed E-state index contributed by atoms with van der Waals surface area (Å²) >= 11 is 0. The number of ether oxygens (including phenoxy) is 1. The summed E-state index contributed by atoms with van der Waals surface area (Å²) in [6.07, 6.45) is 0. The summed E-state index contributed by atoms with van der Waals surface area (Å²) in [5.74, 6) is 0.637. The van der Waals surface area contributed by atoms with E-state index in [1.54, 1.807) is 19.2 Å². The molecule has 0 aliphatic carbocycles. The SMILES string of the molecule is COc1ccc(C)cc1C#N. The van der Waals surface area contributed by atoms with Crippen LogP contribution in [-0.2, 0) is 0 Å². The highest BCUT2D eigenvalue weighted by Gasteiger charge is 1.99. The molecular formula is C9H9NO. The Bertz CT molecular complexity index is 299. The van der Waals surface area contributed by atoms with Gasteiger partial charge in [-0.05, 0) is 24.6 Å². The van der Waals surface area contributed by atoms with Gasteiger partial charge in [0.1, 0.15) is 11.8 Å². The van der Waals surface area contributed by atoms with E-state index >= 15 is 0 Å². The maximum atomic E-state index is 8.64. The van der Waals surface area contributed by atoms with Crippen LogP contribution in [0.2, 0.25) is 0 Å². The van der Waals surface area contributed by atoms with E-state index in [1.165, 1.54) is 0 Å². The van der Waals surface area contributed by atoms with Crippen LogP contribution >= 0.6 is 0 Å². The molecular weight excluding hydrogens is 138 g/mol. The van der Waals surface area contributed by atoms with E-state index in [9.17, 15) is 0 Å². The van der Waals surface area contributed by atoms with Gasteiger partial charge in [-0.25, -0.2) is 0 Å². The summed E-state index contributed by atoms with van der Waals surface area (Å²) < 4.78 is 4.97. The first-order valence-electron chi connectivity index (χ1n) is 3.32. The molecule has 0 spiro atoms. The highest BCUT2D eigenvalue weighted by atomic mass is 16.5. The van der Waals surface area contributed by atoms with Gasteiger partial charge in [-0.1, -0.05) is 6.07 Å². The van der Waals surface area contributed by atoms with Crippen molar-refractivity contribution < 1.29 is 4.74 Å². The first-order chi connectivity index (χ1) is 5.27. The first kappa shape index (κ1) is 7.62. The Kier molecular flexibility index (Phi) is 2.12. The van der Waals surface area contributed by atoms with Crippen molar-refractivity contribution in [3.8, 4) is 11.8 Å². The van der Waals surface area contributed by atoms with E-state index in [-0.39, 0.29) is 0 Å². The van der Waals surface area contributed by atoms with Gasteiger partial charge in [-0.2, -0.15) is 5.26 Å². The minimum absolute atomic E-state index is 0.590. The molecule has 1 aromatic carbocycles. The quantitative estimate of drug-likeness (QED) is 0.607. The van der Waals surface area contributed by atoms with Crippen LogP contribution in [0.4, 0.5) is 0 Å². The molecule has 0 aliphatic rings. The third-order valence-corrected chi connectivity index (χ3v) is 1.48. The molecule has 0 radical (unpaired) electrons. The summed E-state index contributed by atoms with van der Waals surface area (Å²) in [5, 5.41) is 8.64. The number of aryl methyl sites for hydroxylation is 1. The Morgan fingerprint density at radius 3 is 2.73 bits per heavy atom. The zero-order chi connectivity index (χ0) is 8.27. The summed E-state index contributed by atoms with van der Waals surface area (Å²) in [6.45, 7) is 1.94. The zero-order valence-electron chi connectivity index (χ0n) is 6.59. The van der Waals surface area contributed by atoms with Crippen molar-refractivity contribution >= 4 is 0 Å². The Hall–Kier alpha value is -1.49. The molecule has 11 heavy (non-hydrogen) atoms. The van der Waals surface area contributed by atoms with Crippen LogP contribution in [0.1, 0.15) is 11.1 Å². The van der Waals surface area contributed by atoms with Crippen LogP contribution in [0.3, 0.4) is 0 Å². The van der Waals surface area contributed by atoms with Gasteiger partial charge < -0.3 is 4.74 Å². The smallest absolute Gasteiger partial charge is 0.136 e. The van der Waals surface area contributed by atoms with Gasteiger partial charge in [0.15, 0.2) is 0 Å². The molecule has 0 saturated heterocycles. The predicted molar refractivity (Wildman–Crippen MR) is 42.4 cm³/mol. The van der Waals surface area contributed by atoms with Gasteiger partial charge in [-0.3, -0.25) is 0 Å². The van der Waals surface area contributed by atoms with Crippen molar-refractivity contribution in [1.82, 2.24) is 0 Å². The average Bonchev–Trinajstić information content (AvgIpc) is 2.04. The van der Waals surface area contributed by atoms with Crippen molar-refractivity contribution in [3.05, 3.63) is 29.3 Å². The molecule has 56 valence electrons. The van der Waals surface area contributed by atoms with Gasteiger partial charge in [0.05, 0.1) is 12.7 Å². The van der Waals surface area contributed by atoms with E-state index in [2.05, 4.69) is 6.07 Å². The van der Waals surface area contributed by atoms with E-state index in [4.69, 9.17) is 10.00 Å². The van der Waals surface area contributed by atoms with Crippen molar-refractivity contribution in [2.75, 3.05) is 7.11 Å². The van der Waals surface area contributed by atoms with Crippen molar-refractivity contribution in [2.45, 2.75) is 6.92 Å². The van der Waals surface area contributed by atoms with Crippen LogP contribution < -0.4 is 4.74 Å². The highest BCUT2D eigenvalue weighted by Crippen LogP contribution is 2.17. The van der Waals surface area contributed by atoms with Crippen LogP contribution in [0.15, 0.2) is 18.2 Å². The lowest BCUT2D eigenvalue weighted by Gasteiger charge is -2.01. The molecule has 1 rings (SSSR count). The topological polar surface area (TPSA) is 33.0 Å². The van der Waals surface area contributed by atoms with Crippen molar-refractivity contribution in [1.29, 1.82) is 5.26 Å². The molecule has 0 aromatic heterocycles. The summed E-state index contributed by atoms with van der Waals surface area (Å²) in [4.78, 5) is 0. The third kappa shape index (κ3) is 1.50. The monoisotopic (exact) mass is 147 g/mol. The molecule has 0 amide bonds. The van der Waals surface area contributed by atoms with Crippen LogP contribution in [0, 0.1) is 18.3 Å². The Morgan fingerprint density at radius 2 is 2.18 bits per heavy atom. The maximum Gasteiger partial charge on any atom is 0.136 e. The fourth-order valence-corrected chi connectivity index (χ4v) is 0.909. The average molecular weight is 147 g/mol. The minimum atomic E-state index is 0.590. The largest absolute Gasteiger partial charge is 0.495 e. The summed E-state index contributed by atoms with van der Waals surface area (Å²) in [6, 6.07) is 7.58. The second kappa shape index (κ2) is 3.07. The van der Waals surface area contributed by atoms with Gasteiger partial charge in [0.2, 0.25) is 0 Å². The molecule has 0 atom stereocenters. The van der Waals surface area contributed by atoms with Gasteiger partial charge in [-0.15, -0.1) is 0 Å². The van der Waals surface area contributed by atoms with E-state index in [0.717, 1.165) is 5.56 Å². The number of hydrogen-bond donors (Lipinski definition) is 0. The first-order valence-corrected chi connectivity index (χ1v) is 3.32. The lowest BCUT2D eigenvalue weighted by Crippen LogP contribution is -1.87. The van der Waals surface area contributed by atoms with E-state index in [1.807, 2.05) is 13.0 Å².